The van der Waals surface area contributed by atoms with Gasteiger partial charge in [0.2, 0.25) is 0 Å². The maximum Gasteiger partial charge on any atom is 0.347 e. The van der Waals surface area contributed by atoms with Crippen LogP contribution >= 0.6 is 22.7 Å². The Hall–Kier alpha value is -1.40. The highest BCUT2D eigenvalue weighted by molar-refractivity contribution is 7.17. The molecular weight excluding hydrogens is 292 g/mol. The van der Waals surface area contributed by atoms with E-state index in [-0.39, 0.29) is 5.92 Å². The molecule has 0 aromatic carbocycles. The number of aromatic carboxylic acids is 1. The highest BCUT2D eigenvalue weighted by Gasteiger charge is 2.21. The molecule has 0 unspecified atom stereocenters. The van der Waals surface area contributed by atoms with Crippen LogP contribution in [-0.2, 0) is 6.42 Å². The Morgan fingerprint density at radius 3 is 2.75 bits per heavy atom. The maximum absolute atomic E-state index is 11.3. The minimum atomic E-state index is -0.885. The zero-order valence-electron chi connectivity index (χ0n) is 11.8. The van der Waals surface area contributed by atoms with Gasteiger partial charge < -0.3 is 10.0 Å². The van der Waals surface area contributed by atoms with E-state index in [1.807, 2.05) is 31.9 Å². The van der Waals surface area contributed by atoms with E-state index in [0.717, 1.165) is 18.1 Å². The molecule has 20 heavy (non-hydrogen) atoms. The summed E-state index contributed by atoms with van der Waals surface area (Å²) in [6.45, 7) is 4.78. The van der Waals surface area contributed by atoms with Crippen molar-refractivity contribution in [3.05, 3.63) is 33.0 Å². The fourth-order valence-electron chi connectivity index (χ4n) is 1.86. The predicted molar refractivity (Wildman–Crippen MR) is 84.5 cm³/mol. The van der Waals surface area contributed by atoms with Gasteiger partial charge in [0.15, 0.2) is 5.13 Å². The second-order valence-electron chi connectivity index (χ2n) is 4.92. The molecule has 0 amide bonds. The third-order valence-electron chi connectivity index (χ3n) is 2.98. The molecule has 0 atom stereocenters. The summed E-state index contributed by atoms with van der Waals surface area (Å²) in [5.74, 6) is -0.763. The Morgan fingerprint density at radius 1 is 1.50 bits per heavy atom. The molecule has 1 N–H and O–H groups in total. The predicted octanol–water partition coefficient (Wildman–Crippen LogP) is 3.71. The van der Waals surface area contributed by atoms with Crippen molar-refractivity contribution in [2.24, 2.45) is 0 Å². The molecular formula is C14H18N2O2S2. The van der Waals surface area contributed by atoms with Crippen molar-refractivity contribution < 1.29 is 9.90 Å². The number of nitrogens with zero attached hydrogens (tertiary/aromatic N) is 2. The third kappa shape index (κ3) is 3.37. The second kappa shape index (κ2) is 6.37. The van der Waals surface area contributed by atoms with Gasteiger partial charge in [-0.2, -0.15) is 0 Å². The zero-order valence-corrected chi connectivity index (χ0v) is 13.4. The fourth-order valence-corrected chi connectivity index (χ4v) is 3.60. The molecule has 2 heterocycles. The Kier molecular flexibility index (Phi) is 4.77. The number of aromatic nitrogens is 1. The first-order valence-corrected chi connectivity index (χ1v) is 8.16. The van der Waals surface area contributed by atoms with E-state index in [1.165, 1.54) is 16.2 Å². The van der Waals surface area contributed by atoms with E-state index in [0.29, 0.717) is 10.6 Å². The van der Waals surface area contributed by atoms with Crippen molar-refractivity contribution in [3.8, 4) is 0 Å². The van der Waals surface area contributed by atoms with E-state index in [1.54, 1.807) is 11.3 Å². The van der Waals surface area contributed by atoms with Crippen LogP contribution in [0.3, 0.4) is 0 Å². The van der Waals surface area contributed by atoms with Gasteiger partial charge in [0.05, 0.1) is 5.69 Å². The molecule has 2 aromatic rings. The van der Waals surface area contributed by atoms with Gasteiger partial charge in [-0.15, -0.1) is 11.3 Å². The maximum atomic E-state index is 11.3. The number of thiazole rings is 1. The number of rotatable bonds is 6. The van der Waals surface area contributed by atoms with Crippen LogP contribution in [0.25, 0.3) is 0 Å². The molecule has 0 aliphatic carbocycles. The molecule has 0 aliphatic rings. The van der Waals surface area contributed by atoms with Crippen molar-refractivity contribution >= 4 is 33.8 Å². The van der Waals surface area contributed by atoms with Gasteiger partial charge in [0, 0.05) is 18.5 Å². The first-order chi connectivity index (χ1) is 9.49. The lowest BCUT2D eigenvalue weighted by atomic mass is 10.1. The van der Waals surface area contributed by atoms with Crippen LogP contribution in [0.2, 0.25) is 0 Å². The van der Waals surface area contributed by atoms with Gasteiger partial charge in [-0.05, 0) is 23.8 Å². The van der Waals surface area contributed by atoms with Crippen molar-refractivity contribution in [2.45, 2.75) is 26.2 Å². The van der Waals surface area contributed by atoms with Gasteiger partial charge in [-0.1, -0.05) is 31.3 Å². The monoisotopic (exact) mass is 310 g/mol. The Labute approximate surface area is 126 Å². The van der Waals surface area contributed by atoms with Gasteiger partial charge >= 0.3 is 5.97 Å². The molecule has 108 valence electrons. The van der Waals surface area contributed by atoms with Crippen molar-refractivity contribution in [1.29, 1.82) is 0 Å². The lowest BCUT2D eigenvalue weighted by molar-refractivity contribution is 0.0700. The first-order valence-electron chi connectivity index (χ1n) is 6.46. The molecule has 0 saturated carbocycles. The SMILES string of the molecule is CC(C)c1nc(N(C)CCc2cccs2)sc1C(=O)O. The number of thiophene rings is 1. The van der Waals surface area contributed by atoms with Crippen molar-refractivity contribution in [2.75, 3.05) is 18.5 Å². The molecule has 0 aliphatic heterocycles. The summed E-state index contributed by atoms with van der Waals surface area (Å²) in [7, 11) is 1.96. The van der Waals surface area contributed by atoms with E-state index in [9.17, 15) is 9.90 Å². The van der Waals surface area contributed by atoms with Crippen LogP contribution in [0.15, 0.2) is 17.5 Å². The number of likely N-dealkylation sites (N-methyl/N-ethyl adjacent to an activating group) is 1. The van der Waals surface area contributed by atoms with Crippen LogP contribution < -0.4 is 4.90 Å². The third-order valence-corrected chi connectivity index (χ3v) is 5.09. The molecule has 0 fully saturated rings. The molecule has 2 rings (SSSR count). The largest absolute Gasteiger partial charge is 0.477 e. The summed E-state index contributed by atoms with van der Waals surface area (Å²) in [5, 5.41) is 12.1. The van der Waals surface area contributed by atoms with Crippen LogP contribution in [0.5, 0.6) is 0 Å². The minimum absolute atomic E-state index is 0.122. The number of hydrogen-bond acceptors (Lipinski definition) is 5. The average Bonchev–Trinajstić information content (AvgIpc) is 3.04. The smallest absolute Gasteiger partial charge is 0.347 e. The summed E-state index contributed by atoms with van der Waals surface area (Å²) in [4.78, 5) is 19.5. The Balaban J connectivity index is 2.11. The van der Waals surface area contributed by atoms with Crippen LogP contribution in [0.4, 0.5) is 5.13 Å². The Morgan fingerprint density at radius 2 is 2.25 bits per heavy atom. The fraction of sp³-hybridized carbons (Fsp3) is 0.429. The lowest BCUT2D eigenvalue weighted by Gasteiger charge is -2.14. The second-order valence-corrected chi connectivity index (χ2v) is 6.93. The van der Waals surface area contributed by atoms with E-state index >= 15 is 0 Å². The van der Waals surface area contributed by atoms with E-state index < -0.39 is 5.97 Å². The summed E-state index contributed by atoms with van der Waals surface area (Å²) in [6, 6.07) is 4.16. The number of carboxylic acids is 1. The highest BCUT2D eigenvalue weighted by Crippen LogP contribution is 2.30. The Bertz CT molecular complexity index is 576. The standard InChI is InChI=1S/C14H18N2O2S2/c1-9(2)11-12(13(17)18)20-14(15-11)16(3)7-6-10-5-4-8-19-10/h4-5,8-9H,6-7H2,1-3H3,(H,17,18). The van der Waals surface area contributed by atoms with Crippen LogP contribution in [-0.4, -0.2) is 29.7 Å². The minimum Gasteiger partial charge on any atom is -0.477 e. The quantitative estimate of drug-likeness (QED) is 0.884. The number of anilines is 1. The zero-order chi connectivity index (χ0) is 14.7. The van der Waals surface area contributed by atoms with E-state index in [2.05, 4.69) is 16.4 Å². The lowest BCUT2D eigenvalue weighted by Crippen LogP contribution is -2.19. The van der Waals surface area contributed by atoms with Crippen LogP contribution in [0, 0.1) is 0 Å². The summed E-state index contributed by atoms with van der Waals surface area (Å²) < 4.78 is 0. The van der Waals surface area contributed by atoms with Gasteiger partial charge in [0.1, 0.15) is 4.88 Å². The van der Waals surface area contributed by atoms with Gasteiger partial charge in [0.25, 0.3) is 0 Å². The molecule has 0 bridgehead atoms. The topological polar surface area (TPSA) is 53.4 Å². The van der Waals surface area contributed by atoms with Crippen molar-refractivity contribution in [3.63, 3.8) is 0 Å². The van der Waals surface area contributed by atoms with E-state index in [4.69, 9.17) is 0 Å². The van der Waals surface area contributed by atoms with Gasteiger partial charge in [-0.3, -0.25) is 0 Å². The normalized spacial score (nSPS) is 11.0. The van der Waals surface area contributed by atoms with Crippen molar-refractivity contribution in [1.82, 2.24) is 4.98 Å². The first kappa shape index (κ1) is 15.0. The average molecular weight is 310 g/mol. The molecule has 2 aromatic heterocycles. The summed E-state index contributed by atoms with van der Waals surface area (Å²) in [6.07, 6.45) is 0.952. The summed E-state index contributed by atoms with van der Waals surface area (Å²) in [5.41, 5.74) is 0.681. The highest BCUT2D eigenvalue weighted by atomic mass is 32.1. The number of hydrogen-bond donors (Lipinski definition) is 1. The summed E-state index contributed by atoms with van der Waals surface area (Å²) >= 11 is 3.00. The molecule has 0 spiro atoms. The van der Waals surface area contributed by atoms with Gasteiger partial charge in [-0.25, -0.2) is 9.78 Å². The van der Waals surface area contributed by atoms with Crippen LogP contribution in [0.1, 0.15) is 40.0 Å². The molecule has 6 heteroatoms. The number of carboxylic acid groups (broad SMARTS) is 1. The molecule has 0 radical (unpaired) electrons. The number of carbonyl (C=O) groups is 1. The molecule has 0 saturated heterocycles. The molecule has 4 nitrogen and oxygen atoms in total.